The second-order valence-electron chi connectivity index (χ2n) is 14.0. The molecule has 0 heterocycles. The Hall–Kier alpha value is -4.64. The van der Waals surface area contributed by atoms with Crippen LogP contribution in [0.15, 0.2) is 103 Å². The van der Waals surface area contributed by atoms with Crippen molar-refractivity contribution in [1.82, 2.24) is 0 Å². The molecule has 0 N–H and O–H groups in total. The van der Waals surface area contributed by atoms with Crippen LogP contribution in [-0.2, 0) is 9.53 Å². The first-order valence-corrected chi connectivity index (χ1v) is 15.9. The van der Waals surface area contributed by atoms with Crippen LogP contribution >= 0.6 is 0 Å². The second kappa shape index (κ2) is 14.2. The van der Waals surface area contributed by atoms with E-state index in [1.165, 1.54) is 0 Å². The van der Waals surface area contributed by atoms with E-state index in [1.807, 2.05) is 82.3 Å². The topological polar surface area (TPSA) is 55.8 Å². The molecule has 46 heavy (non-hydrogen) atoms. The number of carbonyl (C=O) groups is 2. The summed E-state index contributed by atoms with van der Waals surface area (Å²) in [7, 11) is 0. The van der Waals surface area contributed by atoms with Gasteiger partial charge in [-0.2, -0.15) is 0 Å². The van der Waals surface area contributed by atoms with Crippen LogP contribution < -0.4 is 9.64 Å². The van der Waals surface area contributed by atoms with Crippen molar-refractivity contribution in [3.8, 4) is 5.75 Å². The van der Waals surface area contributed by atoms with Crippen LogP contribution in [-0.4, -0.2) is 24.5 Å². The van der Waals surface area contributed by atoms with Gasteiger partial charge in [-0.15, -0.1) is 0 Å². The second-order valence-corrected chi connectivity index (χ2v) is 14.0. The number of aldehydes is 1. The van der Waals surface area contributed by atoms with Crippen molar-refractivity contribution >= 4 is 41.5 Å². The number of carbonyl (C=O) groups excluding carboxylic acids is 2. The smallest absolute Gasteiger partial charge is 0.309 e. The Labute approximate surface area is 274 Å². The van der Waals surface area contributed by atoms with Gasteiger partial charge in [0.1, 0.15) is 11.4 Å². The van der Waals surface area contributed by atoms with E-state index in [1.54, 1.807) is 6.07 Å². The summed E-state index contributed by atoms with van der Waals surface area (Å²) in [4.78, 5) is 27.0. The van der Waals surface area contributed by atoms with Gasteiger partial charge in [0.15, 0.2) is 6.29 Å². The Bertz CT molecular complexity index is 1590. The van der Waals surface area contributed by atoms with Gasteiger partial charge >= 0.3 is 5.97 Å². The van der Waals surface area contributed by atoms with Gasteiger partial charge in [0.25, 0.3) is 0 Å². The van der Waals surface area contributed by atoms with Gasteiger partial charge in [-0.1, -0.05) is 101 Å². The zero-order chi connectivity index (χ0) is 33.5. The van der Waals surface area contributed by atoms with Gasteiger partial charge in [0.05, 0.1) is 18.1 Å². The van der Waals surface area contributed by atoms with Gasteiger partial charge in [-0.3, -0.25) is 9.59 Å². The molecule has 0 aliphatic carbocycles. The fourth-order valence-electron chi connectivity index (χ4n) is 5.12. The minimum absolute atomic E-state index is 0.229. The Morgan fingerprint density at radius 3 is 1.74 bits per heavy atom. The van der Waals surface area contributed by atoms with Crippen molar-refractivity contribution in [3.63, 3.8) is 0 Å². The predicted molar refractivity (Wildman–Crippen MR) is 190 cm³/mol. The summed E-state index contributed by atoms with van der Waals surface area (Å²) in [5, 5.41) is 0. The molecular weight excluding hydrogens is 570 g/mol. The van der Waals surface area contributed by atoms with Crippen LogP contribution in [0.2, 0.25) is 0 Å². The van der Waals surface area contributed by atoms with Crippen LogP contribution in [0.5, 0.6) is 5.75 Å². The highest BCUT2D eigenvalue weighted by atomic mass is 16.6. The molecule has 240 valence electrons. The number of anilines is 3. The highest BCUT2D eigenvalue weighted by Gasteiger charge is 2.46. The summed E-state index contributed by atoms with van der Waals surface area (Å²) in [6.45, 7) is 16.2. The van der Waals surface area contributed by atoms with Gasteiger partial charge < -0.3 is 14.4 Å². The van der Waals surface area contributed by atoms with E-state index in [4.69, 9.17) is 9.47 Å². The predicted octanol–water partition coefficient (Wildman–Crippen LogP) is 10.5. The molecular formula is C41H47NO4. The number of nitrogens with zero attached hydrogens (tertiary/aromatic N) is 1. The van der Waals surface area contributed by atoms with E-state index in [2.05, 4.69) is 87.2 Å². The molecule has 5 nitrogen and oxygen atoms in total. The summed E-state index contributed by atoms with van der Waals surface area (Å²) in [5.74, 6) is -0.0705. The van der Waals surface area contributed by atoms with Crippen LogP contribution in [0.25, 0.3) is 12.2 Å². The summed E-state index contributed by atoms with van der Waals surface area (Å²) in [6, 6.07) is 34.6. The molecule has 1 unspecified atom stereocenters. The highest BCUT2D eigenvalue weighted by Crippen LogP contribution is 2.46. The highest BCUT2D eigenvalue weighted by molar-refractivity contribution is 5.82. The largest absolute Gasteiger partial charge is 0.492 e. The van der Waals surface area contributed by atoms with E-state index in [-0.39, 0.29) is 11.9 Å². The van der Waals surface area contributed by atoms with E-state index in [0.717, 1.165) is 34.5 Å². The quantitative estimate of drug-likeness (QED) is 0.0899. The number of rotatable bonds is 12. The third-order valence-corrected chi connectivity index (χ3v) is 8.99. The number of benzene rings is 4. The molecule has 0 saturated heterocycles. The first-order valence-electron chi connectivity index (χ1n) is 15.9. The molecule has 0 amide bonds. The van der Waals surface area contributed by atoms with Gasteiger partial charge in [-0.25, -0.2) is 0 Å². The average molecular weight is 618 g/mol. The summed E-state index contributed by atoms with van der Waals surface area (Å²) in [5.41, 5.74) is 4.27. The summed E-state index contributed by atoms with van der Waals surface area (Å²) >= 11 is 0. The fraction of sp³-hybridized carbons (Fsp3) is 0.317. The number of hydrogen-bond acceptors (Lipinski definition) is 5. The van der Waals surface area contributed by atoms with Crippen molar-refractivity contribution in [2.75, 3.05) is 11.5 Å². The van der Waals surface area contributed by atoms with Gasteiger partial charge in [0, 0.05) is 22.5 Å². The third-order valence-electron chi connectivity index (χ3n) is 8.99. The zero-order valence-electron chi connectivity index (χ0n) is 28.4. The molecule has 0 aromatic heterocycles. The van der Waals surface area contributed by atoms with Crippen LogP contribution in [0, 0.1) is 16.7 Å². The molecule has 0 aliphatic rings. The zero-order valence-corrected chi connectivity index (χ0v) is 28.4. The Balaban J connectivity index is 1.50. The Morgan fingerprint density at radius 1 is 0.717 bits per heavy atom. The van der Waals surface area contributed by atoms with Crippen LogP contribution in [0.4, 0.5) is 17.1 Å². The molecule has 1 atom stereocenters. The third kappa shape index (κ3) is 8.33. The lowest BCUT2D eigenvalue weighted by Gasteiger charge is -2.45. The Morgan fingerprint density at radius 2 is 1.22 bits per heavy atom. The maximum absolute atomic E-state index is 12.9. The number of hydrogen-bond donors (Lipinski definition) is 0. The monoisotopic (exact) mass is 617 g/mol. The summed E-state index contributed by atoms with van der Waals surface area (Å²) < 4.78 is 12.0. The Kier molecular flexibility index (Phi) is 10.6. The van der Waals surface area contributed by atoms with E-state index >= 15 is 0 Å². The fourth-order valence-corrected chi connectivity index (χ4v) is 5.12. The van der Waals surface area contributed by atoms with Crippen molar-refractivity contribution in [2.45, 2.75) is 61.0 Å². The van der Waals surface area contributed by atoms with Gasteiger partial charge in [-0.05, 0) is 85.8 Å². The maximum Gasteiger partial charge on any atom is 0.309 e. The number of esters is 1. The lowest BCUT2D eigenvalue weighted by atomic mass is 9.62. The number of ether oxygens (including phenoxy) is 2. The molecule has 0 spiro atoms. The molecule has 4 aromatic rings. The van der Waals surface area contributed by atoms with Crippen LogP contribution in [0.3, 0.4) is 0 Å². The van der Waals surface area contributed by atoms with Crippen molar-refractivity contribution in [3.05, 3.63) is 120 Å². The molecule has 0 aliphatic heterocycles. The van der Waals surface area contributed by atoms with Gasteiger partial charge in [0.2, 0.25) is 0 Å². The molecule has 5 heteroatoms. The molecule has 4 rings (SSSR count). The van der Waals surface area contributed by atoms with E-state index in [0.29, 0.717) is 17.9 Å². The SMILES string of the molecule is CC(C(=O)OC(C)(C)C)C(C)(C)C(C)(C)COc1cc(/C=C/c2ccc(N(c3ccccc3)c3ccccc3)cc2)ccc1C=O. The lowest BCUT2D eigenvalue weighted by Crippen LogP contribution is -2.46. The molecule has 0 bridgehead atoms. The first-order chi connectivity index (χ1) is 21.7. The standard InChI is InChI=1S/C41H47NO4/c1-30(38(44)46-39(2,3)4)41(7,8)40(5,6)29-45-37-27-32(21-24-33(37)28-43)20-19-31-22-25-36(26-23-31)42(34-15-11-9-12-16-34)35-17-13-10-14-18-35/h9-28,30H,29H2,1-8H3/b20-19+. The molecule has 0 radical (unpaired) electrons. The van der Waals surface area contributed by atoms with Crippen molar-refractivity contribution < 1.29 is 19.1 Å². The van der Waals surface area contributed by atoms with E-state index < -0.39 is 16.4 Å². The minimum atomic E-state index is -0.554. The minimum Gasteiger partial charge on any atom is -0.492 e. The molecule has 0 saturated carbocycles. The summed E-state index contributed by atoms with van der Waals surface area (Å²) in [6.07, 6.45) is 4.88. The van der Waals surface area contributed by atoms with Crippen molar-refractivity contribution in [1.29, 1.82) is 0 Å². The molecule has 4 aromatic carbocycles. The average Bonchev–Trinajstić information content (AvgIpc) is 3.03. The van der Waals surface area contributed by atoms with E-state index in [9.17, 15) is 9.59 Å². The van der Waals surface area contributed by atoms with Crippen molar-refractivity contribution in [2.24, 2.45) is 16.7 Å². The lowest BCUT2D eigenvalue weighted by molar-refractivity contribution is -0.167. The number of para-hydroxylation sites is 2. The van der Waals surface area contributed by atoms with Crippen LogP contribution in [0.1, 0.15) is 76.9 Å². The maximum atomic E-state index is 12.9. The first kappa shape index (κ1) is 34.2. The molecule has 0 fully saturated rings. The normalized spacial score (nSPS) is 12.9.